The van der Waals surface area contributed by atoms with Gasteiger partial charge in [0.05, 0.1) is 13.2 Å². The second kappa shape index (κ2) is 5.29. The van der Waals surface area contributed by atoms with Gasteiger partial charge in [-0.1, -0.05) is 17.7 Å². The third-order valence-electron chi connectivity index (χ3n) is 2.47. The Morgan fingerprint density at radius 2 is 1.73 bits per heavy atom. The van der Waals surface area contributed by atoms with E-state index >= 15 is 0 Å². The Balaban J connectivity index is 2.68. The third-order valence-corrected chi connectivity index (χ3v) is 2.47. The lowest BCUT2D eigenvalue weighted by Crippen LogP contribution is -2.21. The van der Waals surface area contributed by atoms with E-state index < -0.39 is 0 Å². The van der Waals surface area contributed by atoms with Crippen molar-refractivity contribution in [3.63, 3.8) is 0 Å². The van der Waals surface area contributed by atoms with Crippen LogP contribution in [0.25, 0.3) is 0 Å². The van der Waals surface area contributed by atoms with Crippen molar-refractivity contribution in [3.05, 3.63) is 34.4 Å². The van der Waals surface area contributed by atoms with E-state index in [1.807, 2.05) is 6.92 Å². The van der Waals surface area contributed by atoms with Crippen molar-refractivity contribution >= 4 is 0 Å². The van der Waals surface area contributed by atoms with E-state index in [2.05, 4.69) is 32.9 Å². The first kappa shape index (κ1) is 12.2. The lowest BCUT2D eigenvalue weighted by atomic mass is 10.0. The van der Waals surface area contributed by atoms with Gasteiger partial charge in [-0.3, -0.25) is 0 Å². The van der Waals surface area contributed by atoms with Crippen LogP contribution in [0.2, 0.25) is 0 Å². The summed E-state index contributed by atoms with van der Waals surface area (Å²) in [5, 5.41) is 0. The molecule has 0 aliphatic heterocycles. The van der Waals surface area contributed by atoms with Crippen LogP contribution >= 0.6 is 0 Å². The molecule has 1 unspecified atom stereocenters. The van der Waals surface area contributed by atoms with Gasteiger partial charge in [-0.05, 0) is 44.4 Å². The molecule has 84 valence electrons. The van der Waals surface area contributed by atoms with Gasteiger partial charge in [0.1, 0.15) is 0 Å². The molecule has 0 radical (unpaired) electrons. The molecule has 2 heteroatoms. The highest BCUT2D eigenvalue weighted by Gasteiger charge is 2.04. The Labute approximate surface area is 92.4 Å². The molecule has 0 fully saturated rings. The van der Waals surface area contributed by atoms with E-state index in [-0.39, 0.29) is 6.04 Å². The number of benzene rings is 1. The molecule has 0 bridgehead atoms. The first-order valence-corrected chi connectivity index (χ1v) is 5.40. The highest BCUT2D eigenvalue weighted by atomic mass is 16.5. The fraction of sp³-hybridized carbons (Fsp3) is 0.538. The quantitative estimate of drug-likeness (QED) is 0.823. The summed E-state index contributed by atoms with van der Waals surface area (Å²) in [5.41, 5.74) is 10.8. The van der Waals surface area contributed by atoms with Gasteiger partial charge in [-0.2, -0.15) is 0 Å². The van der Waals surface area contributed by atoms with Crippen LogP contribution in [-0.4, -0.2) is 12.6 Å². The standard InChI is InChI=1S/C13H21NO/c1-9-5-10(2)13(11(3)6-9)8-15-7-12(4)14/h5-6,12H,7-8,14H2,1-4H3. The second-order valence-corrected chi connectivity index (χ2v) is 4.37. The van der Waals surface area contributed by atoms with E-state index in [9.17, 15) is 0 Å². The molecule has 0 amide bonds. The van der Waals surface area contributed by atoms with Crippen LogP contribution in [0, 0.1) is 20.8 Å². The molecule has 0 saturated heterocycles. The van der Waals surface area contributed by atoms with Crippen molar-refractivity contribution in [2.75, 3.05) is 6.61 Å². The third kappa shape index (κ3) is 3.65. The van der Waals surface area contributed by atoms with Crippen LogP contribution in [0.15, 0.2) is 12.1 Å². The van der Waals surface area contributed by atoms with Gasteiger partial charge >= 0.3 is 0 Å². The number of rotatable bonds is 4. The summed E-state index contributed by atoms with van der Waals surface area (Å²) in [6.45, 7) is 9.61. The fourth-order valence-corrected chi connectivity index (χ4v) is 1.78. The van der Waals surface area contributed by atoms with Crippen LogP contribution in [-0.2, 0) is 11.3 Å². The van der Waals surface area contributed by atoms with E-state index in [1.165, 1.54) is 22.3 Å². The molecule has 0 saturated carbocycles. The zero-order valence-electron chi connectivity index (χ0n) is 10.1. The van der Waals surface area contributed by atoms with Crippen LogP contribution in [0.4, 0.5) is 0 Å². The fourth-order valence-electron chi connectivity index (χ4n) is 1.78. The topological polar surface area (TPSA) is 35.2 Å². The maximum absolute atomic E-state index is 5.63. The molecule has 2 N–H and O–H groups in total. The second-order valence-electron chi connectivity index (χ2n) is 4.37. The molecule has 1 rings (SSSR count). The van der Waals surface area contributed by atoms with E-state index in [4.69, 9.17) is 10.5 Å². The minimum absolute atomic E-state index is 0.107. The summed E-state index contributed by atoms with van der Waals surface area (Å²) >= 11 is 0. The molecule has 0 aliphatic rings. The molecular formula is C13H21NO. The summed E-state index contributed by atoms with van der Waals surface area (Å²) in [4.78, 5) is 0. The Kier molecular flexibility index (Phi) is 4.30. The molecule has 1 atom stereocenters. The molecule has 2 nitrogen and oxygen atoms in total. The number of hydrogen-bond acceptors (Lipinski definition) is 2. The molecule has 1 aromatic carbocycles. The first-order valence-electron chi connectivity index (χ1n) is 5.40. The predicted molar refractivity (Wildman–Crippen MR) is 64.0 cm³/mol. The van der Waals surface area contributed by atoms with Gasteiger partial charge in [0.15, 0.2) is 0 Å². The molecule has 15 heavy (non-hydrogen) atoms. The van der Waals surface area contributed by atoms with Crippen LogP contribution in [0.3, 0.4) is 0 Å². The minimum atomic E-state index is 0.107. The molecule has 0 spiro atoms. The predicted octanol–water partition coefficient (Wildman–Crippen LogP) is 2.48. The van der Waals surface area contributed by atoms with Gasteiger partial charge in [-0.15, -0.1) is 0 Å². The Hall–Kier alpha value is -0.860. The van der Waals surface area contributed by atoms with E-state index in [0.29, 0.717) is 13.2 Å². The van der Waals surface area contributed by atoms with Gasteiger partial charge in [0, 0.05) is 6.04 Å². The zero-order valence-corrected chi connectivity index (χ0v) is 10.1. The molecule has 0 aliphatic carbocycles. The number of ether oxygens (including phenoxy) is 1. The molecule has 1 aromatic rings. The van der Waals surface area contributed by atoms with Gasteiger partial charge in [0.2, 0.25) is 0 Å². The highest BCUT2D eigenvalue weighted by molar-refractivity contribution is 5.36. The average Bonchev–Trinajstić information content (AvgIpc) is 2.08. The van der Waals surface area contributed by atoms with Crippen molar-refractivity contribution in [1.82, 2.24) is 0 Å². The summed E-state index contributed by atoms with van der Waals surface area (Å²) in [6, 6.07) is 4.49. The Morgan fingerprint density at radius 3 is 2.20 bits per heavy atom. The van der Waals surface area contributed by atoms with Crippen LogP contribution in [0.1, 0.15) is 29.2 Å². The number of nitrogens with two attached hydrogens (primary N) is 1. The summed E-state index contributed by atoms with van der Waals surface area (Å²) in [5.74, 6) is 0. The van der Waals surface area contributed by atoms with E-state index in [1.54, 1.807) is 0 Å². The number of aryl methyl sites for hydroxylation is 3. The maximum atomic E-state index is 5.63. The van der Waals surface area contributed by atoms with Gasteiger partial charge in [-0.25, -0.2) is 0 Å². The minimum Gasteiger partial charge on any atom is -0.375 e. The monoisotopic (exact) mass is 207 g/mol. The zero-order chi connectivity index (χ0) is 11.4. The van der Waals surface area contributed by atoms with Gasteiger partial charge in [0.25, 0.3) is 0 Å². The highest BCUT2D eigenvalue weighted by Crippen LogP contribution is 2.17. The Bertz CT molecular complexity index is 308. The van der Waals surface area contributed by atoms with Crippen LogP contribution < -0.4 is 5.73 Å². The largest absolute Gasteiger partial charge is 0.375 e. The van der Waals surface area contributed by atoms with Crippen molar-refractivity contribution in [3.8, 4) is 0 Å². The van der Waals surface area contributed by atoms with Crippen molar-refractivity contribution in [2.45, 2.75) is 40.3 Å². The van der Waals surface area contributed by atoms with Crippen molar-refractivity contribution < 1.29 is 4.74 Å². The van der Waals surface area contributed by atoms with Gasteiger partial charge < -0.3 is 10.5 Å². The first-order chi connectivity index (χ1) is 7.00. The average molecular weight is 207 g/mol. The lowest BCUT2D eigenvalue weighted by molar-refractivity contribution is 0.111. The summed E-state index contributed by atoms with van der Waals surface area (Å²) in [7, 11) is 0. The smallest absolute Gasteiger partial charge is 0.0722 e. The van der Waals surface area contributed by atoms with Crippen LogP contribution in [0.5, 0.6) is 0 Å². The number of hydrogen-bond donors (Lipinski definition) is 1. The SMILES string of the molecule is Cc1cc(C)c(COCC(C)N)c(C)c1. The lowest BCUT2D eigenvalue weighted by Gasteiger charge is -2.12. The van der Waals surface area contributed by atoms with Crippen molar-refractivity contribution in [1.29, 1.82) is 0 Å². The van der Waals surface area contributed by atoms with Crippen molar-refractivity contribution in [2.24, 2.45) is 5.73 Å². The normalized spacial score (nSPS) is 12.9. The molecule has 0 aromatic heterocycles. The molecule has 0 heterocycles. The maximum Gasteiger partial charge on any atom is 0.0722 e. The summed E-state index contributed by atoms with van der Waals surface area (Å²) < 4.78 is 5.56. The summed E-state index contributed by atoms with van der Waals surface area (Å²) in [6.07, 6.45) is 0. The Morgan fingerprint density at radius 1 is 1.20 bits per heavy atom. The van der Waals surface area contributed by atoms with E-state index in [0.717, 1.165) is 0 Å². The molecular weight excluding hydrogens is 186 g/mol.